The van der Waals surface area contributed by atoms with Crippen molar-refractivity contribution in [2.24, 2.45) is 0 Å². The van der Waals surface area contributed by atoms with E-state index in [1.807, 2.05) is 6.92 Å². The zero-order valence-electron chi connectivity index (χ0n) is 12.9. The minimum Gasteiger partial charge on any atom is -0.433 e. The first kappa shape index (κ1) is 16.7. The van der Waals surface area contributed by atoms with Crippen LogP contribution >= 0.6 is 0 Å². The lowest BCUT2D eigenvalue weighted by Crippen LogP contribution is -2.21. The highest BCUT2D eigenvalue weighted by atomic mass is 19.3. The van der Waals surface area contributed by atoms with Crippen LogP contribution in [-0.4, -0.2) is 17.8 Å². The molecule has 0 fully saturated rings. The Bertz CT molecular complexity index is 701. The van der Waals surface area contributed by atoms with Gasteiger partial charge in [0.25, 0.3) is 0 Å². The minimum atomic E-state index is -2.98. The standard InChI is InChI=1S/C15H17F2N3O3/c1-4-10-13(9(3)23-20-10)19-15(21)18-12-8(2)6-5-7-11(12)22-14(16)17/h5-7,14H,4H2,1-3H3,(H2,18,19,21). The fourth-order valence-corrected chi connectivity index (χ4v) is 2.07. The topological polar surface area (TPSA) is 76.4 Å². The number of amides is 2. The first-order valence-corrected chi connectivity index (χ1v) is 7.00. The number of nitrogens with zero attached hydrogens (tertiary/aromatic N) is 1. The smallest absolute Gasteiger partial charge is 0.387 e. The number of ether oxygens (including phenoxy) is 1. The van der Waals surface area contributed by atoms with E-state index in [0.717, 1.165) is 0 Å². The highest BCUT2D eigenvalue weighted by Crippen LogP contribution is 2.30. The summed E-state index contributed by atoms with van der Waals surface area (Å²) in [6.45, 7) is 2.24. The molecule has 0 aliphatic heterocycles. The molecule has 0 aliphatic carbocycles. The lowest BCUT2D eigenvalue weighted by Gasteiger charge is -2.14. The molecule has 0 radical (unpaired) electrons. The molecule has 1 aromatic heterocycles. The zero-order chi connectivity index (χ0) is 17.0. The van der Waals surface area contributed by atoms with Gasteiger partial charge in [-0.15, -0.1) is 0 Å². The molecular weight excluding hydrogens is 308 g/mol. The molecule has 0 atom stereocenters. The Hall–Kier alpha value is -2.64. The predicted molar refractivity (Wildman–Crippen MR) is 81.1 cm³/mol. The number of nitrogens with one attached hydrogen (secondary N) is 2. The quantitative estimate of drug-likeness (QED) is 0.868. The summed E-state index contributed by atoms with van der Waals surface area (Å²) in [6, 6.07) is 4.00. The molecule has 0 saturated heterocycles. The summed E-state index contributed by atoms with van der Waals surface area (Å²) in [5.41, 5.74) is 1.84. The van der Waals surface area contributed by atoms with Crippen molar-refractivity contribution in [2.75, 3.05) is 10.6 Å². The number of rotatable bonds is 5. The Labute approximate surface area is 131 Å². The second-order valence-corrected chi connectivity index (χ2v) is 4.82. The van der Waals surface area contributed by atoms with E-state index in [4.69, 9.17) is 4.52 Å². The molecule has 2 N–H and O–H groups in total. The molecule has 2 amide bonds. The first-order valence-electron chi connectivity index (χ1n) is 7.00. The van der Waals surface area contributed by atoms with Crippen LogP contribution < -0.4 is 15.4 Å². The third-order valence-electron chi connectivity index (χ3n) is 3.20. The predicted octanol–water partition coefficient (Wildman–Crippen LogP) is 4.10. The maximum atomic E-state index is 12.5. The van der Waals surface area contributed by atoms with Crippen LogP contribution in [0.15, 0.2) is 22.7 Å². The van der Waals surface area contributed by atoms with Crippen LogP contribution in [0.5, 0.6) is 5.75 Å². The van der Waals surface area contributed by atoms with Gasteiger partial charge in [0.1, 0.15) is 17.1 Å². The summed E-state index contributed by atoms with van der Waals surface area (Å²) < 4.78 is 34.4. The van der Waals surface area contributed by atoms with Gasteiger partial charge in [-0.3, -0.25) is 0 Å². The number of hydrogen-bond donors (Lipinski definition) is 2. The van der Waals surface area contributed by atoms with Crippen LogP contribution in [0.3, 0.4) is 0 Å². The molecule has 0 unspecified atom stereocenters. The van der Waals surface area contributed by atoms with Gasteiger partial charge < -0.3 is 19.9 Å². The fourth-order valence-electron chi connectivity index (χ4n) is 2.07. The van der Waals surface area contributed by atoms with E-state index in [1.165, 1.54) is 6.07 Å². The first-order chi connectivity index (χ1) is 10.9. The number of carbonyl (C=O) groups excluding carboxylic acids is 1. The maximum absolute atomic E-state index is 12.5. The molecular formula is C15H17F2N3O3. The highest BCUT2D eigenvalue weighted by Gasteiger charge is 2.17. The fraction of sp³-hybridized carbons (Fsp3) is 0.333. The number of anilines is 2. The van der Waals surface area contributed by atoms with Crippen LogP contribution in [0, 0.1) is 13.8 Å². The number of benzene rings is 1. The molecule has 8 heteroatoms. The summed E-state index contributed by atoms with van der Waals surface area (Å²) in [4.78, 5) is 12.2. The average Bonchev–Trinajstić information content (AvgIpc) is 2.83. The van der Waals surface area contributed by atoms with E-state index in [2.05, 4.69) is 20.5 Å². The van der Waals surface area contributed by atoms with E-state index < -0.39 is 12.6 Å². The van der Waals surface area contributed by atoms with Crippen molar-refractivity contribution in [3.63, 3.8) is 0 Å². The summed E-state index contributed by atoms with van der Waals surface area (Å²) in [5, 5.41) is 8.97. The lowest BCUT2D eigenvalue weighted by atomic mass is 10.2. The molecule has 1 heterocycles. The van der Waals surface area contributed by atoms with Gasteiger partial charge >= 0.3 is 12.6 Å². The van der Waals surface area contributed by atoms with Crippen LogP contribution in [0.1, 0.15) is 23.9 Å². The number of alkyl halides is 2. The maximum Gasteiger partial charge on any atom is 0.387 e. The SMILES string of the molecule is CCc1noc(C)c1NC(=O)Nc1c(C)cccc1OC(F)F. The van der Waals surface area contributed by atoms with Gasteiger partial charge in [0, 0.05) is 0 Å². The number of aryl methyl sites for hydroxylation is 3. The Kier molecular flexibility index (Phi) is 5.15. The Morgan fingerprint density at radius 1 is 1.30 bits per heavy atom. The minimum absolute atomic E-state index is 0.104. The van der Waals surface area contributed by atoms with Gasteiger partial charge in [-0.05, 0) is 31.9 Å². The number of carbonyl (C=O) groups is 1. The Morgan fingerprint density at radius 3 is 2.65 bits per heavy atom. The van der Waals surface area contributed by atoms with E-state index in [9.17, 15) is 13.6 Å². The van der Waals surface area contributed by atoms with Gasteiger partial charge in [0.2, 0.25) is 0 Å². The molecule has 6 nitrogen and oxygen atoms in total. The molecule has 0 spiro atoms. The lowest BCUT2D eigenvalue weighted by molar-refractivity contribution is -0.0493. The van der Waals surface area contributed by atoms with Crippen molar-refractivity contribution in [2.45, 2.75) is 33.8 Å². The van der Waals surface area contributed by atoms with E-state index in [-0.39, 0.29) is 11.4 Å². The number of hydrogen-bond acceptors (Lipinski definition) is 4. The number of para-hydroxylation sites is 1. The van der Waals surface area contributed by atoms with Crippen molar-refractivity contribution in [1.82, 2.24) is 5.16 Å². The van der Waals surface area contributed by atoms with E-state index in [0.29, 0.717) is 29.1 Å². The second kappa shape index (κ2) is 7.08. The normalized spacial score (nSPS) is 10.7. The van der Waals surface area contributed by atoms with Crippen molar-refractivity contribution in [1.29, 1.82) is 0 Å². The monoisotopic (exact) mass is 325 g/mol. The van der Waals surface area contributed by atoms with Crippen LogP contribution in [0.4, 0.5) is 25.0 Å². The van der Waals surface area contributed by atoms with Gasteiger partial charge in [0.15, 0.2) is 5.76 Å². The molecule has 2 aromatic rings. The zero-order valence-corrected chi connectivity index (χ0v) is 12.9. The summed E-state index contributed by atoms with van der Waals surface area (Å²) in [6.07, 6.45) is 0.580. The molecule has 2 rings (SSSR count). The van der Waals surface area contributed by atoms with Crippen molar-refractivity contribution in [3.8, 4) is 5.75 Å². The van der Waals surface area contributed by atoms with E-state index in [1.54, 1.807) is 26.0 Å². The van der Waals surface area contributed by atoms with E-state index >= 15 is 0 Å². The molecule has 1 aromatic carbocycles. The largest absolute Gasteiger partial charge is 0.433 e. The van der Waals surface area contributed by atoms with Crippen LogP contribution in [0.25, 0.3) is 0 Å². The second-order valence-electron chi connectivity index (χ2n) is 4.82. The highest BCUT2D eigenvalue weighted by molar-refractivity contribution is 6.01. The third kappa shape index (κ3) is 3.97. The van der Waals surface area contributed by atoms with Gasteiger partial charge in [-0.1, -0.05) is 24.2 Å². The summed E-state index contributed by atoms with van der Waals surface area (Å²) in [7, 11) is 0. The molecule has 23 heavy (non-hydrogen) atoms. The average molecular weight is 325 g/mol. The molecule has 0 aliphatic rings. The Morgan fingerprint density at radius 2 is 2.00 bits per heavy atom. The van der Waals surface area contributed by atoms with Crippen molar-refractivity contribution in [3.05, 3.63) is 35.2 Å². The Balaban J connectivity index is 2.19. The van der Waals surface area contributed by atoms with Crippen molar-refractivity contribution < 1.29 is 22.8 Å². The van der Waals surface area contributed by atoms with Crippen molar-refractivity contribution >= 4 is 17.4 Å². The molecule has 124 valence electrons. The summed E-state index contributed by atoms with van der Waals surface area (Å²) in [5.74, 6) is 0.360. The van der Waals surface area contributed by atoms with Gasteiger partial charge in [0.05, 0.1) is 5.69 Å². The molecule has 0 bridgehead atoms. The number of halogens is 2. The van der Waals surface area contributed by atoms with Gasteiger partial charge in [-0.2, -0.15) is 8.78 Å². The van der Waals surface area contributed by atoms with Gasteiger partial charge in [-0.25, -0.2) is 4.79 Å². The summed E-state index contributed by atoms with van der Waals surface area (Å²) >= 11 is 0. The molecule has 0 saturated carbocycles. The van der Waals surface area contributed by atoms with Crippen LogP contribution in [0.2, 0.25) is 0 Å². The number of aromatic nitrogens is 1. The number of urea groups is 1. The third-order valence-corrected chi connectivity index (χ3v) is 3.20. The van der Waals surface area contributed by atoms with Crippen LogP contribution in [-0.2, 0) is 6.42 Å².